The van der Waals surface area contributed by atoms with Gasteiger partial charge in [0.05, 0.1) is 11.9 Å². The van der Waals surface area contributed by atoms with Gasteiger partial charge in [-0.25, -0.2) is 0 Å². The molecule has 0 radical (unpaired) electrons. The molecular formula is C10H16N4O. The molecule has 0 bridgehead atoms. The van der Waals surface area contributed by atoms with Gasteiger partial charge in [-0.2, -0.15) is 5.10 Å². The molecular weight excluding hydrogens is 192 g/mol. The van der Waals surface area contributed by atoms with Crippen LogP contribution in [0.25, 0.3) is 0 Å². The molecule has 0 saturated heterocycles. The Balaban J connectivity index is 2.01. The summed E-state index contributed by atoms with van der Waals surface area (Å²) < 4.78 is 0. The van der Waals surface area contributed by atoms with E-state index in [1.165, 1.54) is 6.20 Å². The van der Waals surface area contributed by atoms with Crippen molar-refractivity contribution in [3.8, 4) is 0 Å². The van der Waals surface area contributed by atoms with E-state index in [4.69, 9.17) is 5.73 Å². The average molecular weight is 208 g/mol. The third-order valence-corrected chi connectivity index (χ3v) is 3.12. The number of aromatic amines is 1. The molecule has 1 aromatic rings. The molecule has 1 amide bonds. The number of aromatic nitrogens is 2. The fraction of sp³-hybridized carbons (Fsp3) is 0.600. The van der Waals surface area contributed by atoms with Crippen molar-refractivity contribution in [1.82, 2.24) is 10.2 Å². The molecule has 4 N–H and O–H groups in total. The zero-order valence-electron chi connectivity index (χ0n) is 8.79. The summed E-state index contributed by atoms with van der Waals surface area (Å²) in [7, 11) is 0. The van der Waals surface area contributed by atoms with E-state index in [9.17, 15) is 4.79 Å². The van der Waals surface area contributed by atoms with Crippen LogP contribution in [0.2, 0.25) is 0 Å². The van der Waals surface area contributed by atoms with Crippen molar-refractivity contribution < 1.29 is 4.79 Å². The van der Waals surface area contributed by atoms with Gasteiger partial charge in [0.25, 0.3) is 0 Å². The van der Waals surface area contributed by atoms with Crippen molar-refractivity contribution in [2.45, 2.75) is 26.2 Å². The van der Waals surface area contributed by atoms with Gasteiger partial charge < -0.3 is 11.1 Å². The van der Waals surface area contributed by atoms with Crippen molar-refractivity contribution in [1.29, 1.82) is 0 Å². The summed E-state index contributed by atoms with van der Waals surface area (Å²) in [6.07, 6.45) is 4.74. The Kier molecular flexibility index (Phi) is 2.62. The number of nitrogen functional groups attached to an aromatic ring is 1. The highest BCUT2D eigenvalue weighted by Gasteiger charge is 2.30. The molecule has 1 aliphatic carbocycles. The molecule has 15 heavy (non-hydrogen) atoms. The maximum absolute atomic E-state index is 11.9. The van der Waals surface area contributed by atoms with E-state index >= 15 is 0 Å². The van der Waals surface area contributed by atoms with Crippen molar-refractivity contribution in [3.63, 3.8) is 0 Å². The largest absolute Gasteiger partial charge is 0.394 e. The maximum Gasteiger partial charge on any atom is 0.228 e. The predicted molar refractivity (Wildman–Crippen MR) is 58.1 cm³/mol. The quantitative estimate of drug-likeness (QED) is 0.686. The number of H-pyrrole nitrogens is 1. The van der Waals surface area contributed by atoms with Gasteiger partial charge in [0.2, 0.25) is 5.91 Å². The molecule has 82 valence electrons. The Bertz CT molecular complexity index is 360. The molecule has 0 spiro atoms. The second kappa shape index (κ2) is 3.92. The van der Waals surface area contributed by atoms with E-state index in [2.05, 4.69) is 22.4 Å². The van der Waals surface area contributed by atoms with E-state index in [1.54, 1.807) is 0 Å². The monoisotopic (exact) mass is 208 g/mol. The molecule has 2 atom stereocenters. The van der Waals surface area contributed by atoms with Crippen molar-refractivity contribution in [2.24, 2.45) is 11.8 Å². The van der Waals surface area contributed by atoms with E-state index in [-0.39, 0.29) is 11.8 Å². The van der Waals surface area contributed by atoms with Crippen LogP contribution in [0.5, 0.6) is 0 Å². The summed E-state index contributed by atoms with van der Waals surface area (Å²) in [6.45, 7) is 2.12. The van der Waals surface area contributed by atoms with E-state index < -0.39 is 0 Å². The standard InChI is InChI=1S/C10H16N4O/c1-6-3-2-4-7(6)10(15)13-9-8(11)5-12-14-9/h5-7H,2-4,11H2,1H3,(H2,12,13,14,15). The summed E-state index contributed by atoms with van der Waals surface area (Å²) in [5.74, 6) is 1.15. The lowest BCUT2D eigenvalue weighted by molar-refractivity contribution is -0.120. The maximum atomic E-state index is 11.9. The molecule has 1 saturated carbocycles. The Hall–Kier alpha value is -1.52. The second-order valence-corrected chi connectivity index (χ2v) is 4.20. The summed E-state index contributed by atoms with van der Waals surface area (Å²) in [5, 5.41) is 9.20. The summed E-state index contributed by atoms with van der Waals surface area (Å²) in [6, 6.07) is 0. The van der Waals surface area contributed by atoms with Gasteiger partial charge in [-0.15, -0.1) is 0 Å². The Labute approximate surface area is 88.4 Å². The zero-order valence-corrected chi connectivity index (χ0v) is 8.79. The Morgan fingerprint density at radius 1 is 1.67 bits per heavy atom. The highest BCUT2D eigenvalue weighted by atomic mass is 16.2. The first-order valence-electron chi connectivity index (χ1n) is 5.28. The minimum Gasteiger partial charge on any atom is -0.394 e. The average Bonchev–Trinajstić information content (AvgIpc) is 2.76. The number of nitrogens with zero attached hydrogens (tertiary/aromatic N) is 1. The zero-order chi connectivity index (χ0) is 10.8. The van der Waals surface area contributed by atoms with Crippen LogP contribution in [0.1, 0.15) is 26.2 Å². The van der Waals surface area contributed by atoms with E-state index in [0.29, 0.717) is 17.4 Å². The van der Waals surface area contributed by atoms with Crippen LogP contribution >= 0.6 is 0 Å². The van der Waals surface area contributed by atoms with E-state index in [0.717, 1.165) is 19.3 Å². The van der Waals surface area contributed by atoms with Crippen LogP contribution in [-0.2, 0) is 4.79 Å². The van der Waals surface area contributed by atoms with Crippen LogP contribution in [0.4, 0.5) is 11.5 Å². The van der Waals surface area contributed by atoms with Crippen molar-refractivity contribution in [2.75, 3.05) is 11.1 Å². The summed E-state index contributed by atoms with van der Waals surface area (Å²) >= 11 is 0. The first-order chi connectivity index (χ1) is 7.18. The smallest absolute Gasteiger partial charge is 0.228 e. The molecule has 5 heteroatoms. The first kappa shape index (κ1) is 10.0. The highest BCUT2D eigenvalue weighted by Crippen LogP contribution is 2.32. The number of hydrogen-bond donors (Lipinski definition) is 3. The fourth-order valence-corrected chi connectivity index (χ4v) is 2.15. The molecule has 5 nitrogen and oxygen atoms in total. The van der Waals surface area contributed by atoms with Crippen LogP contribution in [0.15, 0.2) is 6.20 Å². The van der Waals surface area contributed by atoms with Gasteiger partial charge in [0, 0.05) is 5.92 Å². The Morgan fingerprint density at radius 2 is 2.47 bits per heavy atom. The van der Waals surface area contributed by atoms with Crippen molar-refractivity contribution in [3.05, 3.63) is 6.20 Å². The van der Waals surface area contributed by atoms with Crippen LogP contribution in [-0.4, -0.2) is 16.1 Å². The summed E-state index contributed by atoms with van der Waals surface area (Å²) in [4.78, 5) is 11.9. The number of carbonyl (C=O) groups excluding carboxylic acids is 1. The molecule has 1 fully saturated rings. The first-order valence-corrected chi connectivity index (χ1v) is 5.28. The third-order valence-electron chi connectivity index (χ3n) is 3.12. The van der Waals surface area contributed by atoms with Gasteiger partial charge in [0.15, 0.2) is 5.82 Å². The Morgan fingerprint density at radius 3 is 3.00 bits per heavy atom. The van der Waals surface area contributed by atoms with Gasteiger partial charge in [-0.05, 0) is 18.8 Å². The molecule has 0 aliphatic heterocycles. The number of nitrogens with one attached hydrogen (secondary N) is 2. The molecule has 2 rings (SSSR count). The van der Waals surface area contributed by atoms with Crippen LogP contribution in [0.3, 0.4) is 0 Å². The number of nitrogens with two attached hydrogens (primary N) is 1. The topological polar surface area (TPSA) is 83.8 Å². The summed E-state index contributed by atoms with van der Waals surface area (Å²) in [5.41, 5.74) is 6.09. The molecule has 2 unspecified atom stereocenters. The number of rotatable bonds is 2. The van der Waals surface area contributed by atoms with Gasteiger partial charge in [-0.1, -0.05) is 13.3 Å². The van der Waals surface area contributed by atoms with Gasteiger partial charge in [-0.3, -0.25) is 9.89 Å². The molecule has 1 heterocycles. The van der Waals surface area contributed by atoms with Crippen LogP contribution in [0, 0.1) is 11.8 Å². The van der Waals surface area contributed by atoms with Gasteiger partial charge in [0.1, 0.15) is 0 Å². The molecule has 0 aromatic carbocycles. The number of carbonyl (C=O) groups is 1. The number of amides is 1. The minimum absolute atomic E-state index is 0.0518. The molecule has 1 aromatic heterocycles. The lowest BCUT2D eigenvalue weighted by Crippen LogP contribution is -2.25. The SMILES string of the molecule is CC1CCCC1C(=O)Nc1[nH]ncc1N. The lowest BCUT2D eigenvalue weighted by atomic mass is 9.97. The minimum atomic E-state index is 0.0518. The van der Waals surface area contributed by atoms with Crippen LogP contribution < -0.4 is 11.1 Å². The fourth-order valence-electron chi connectivity index (χ4n) is 2.15. The molecule has 1 aliphatic rings. The highest BCUT2D eigenvalue weighted by molar-refractivity contribution is 5.94. The number of hydrogen-bond acceptors (Lipinski definition) is 3. The third kappa shape index (κ3) is 1.95. The lowest BCUT2D eigenvalue weighted by Gasteiger charge is -2.14. The predicted octanol–water partition coefficient (Wildman–Crippen LogP) is 1.37. The van der Waals surface area contributed by atoms with E-state index in [1.807, 2.05) is 0 Å². The van der Waals surface area contributed by atoms with Gasteiger partial charge >= 0.3 is 0 Å². The number of anilines is 2. The normalized spacial score (nSPS) is 25.4. The van der Waals surface area contributed by atoms with Crippen molar-refractivity contribution >= 4 is 17.4 Å². The second-order valence-electron chi connectivity index (χ2n) is 4.20.